The second-order valence-electron chi connectivity index (χ2n) is 5.32. The number of halogens is 1. The number of amides is 2. The van der Waals surface area contributed by atoms with Gasteiger partial charge in [0, 0.05) is 21.9 Å². The zero-order valence-electron chi connectivity index (χ0n) is 15.5. The van der Waals surface area contributed by atoms with Crippen LogP contribution in [0.1, 0.15) is 26.5 Å². The normalized spacial score (nSPS) is 13.6. The highest BCUT2D eigenvalue weighted by Crippen LogP contribution is 2.11. The molecule has 0 fully saturated rings. The number of hydrazone groups is 1. The highest BCUT2D eigenvalue weighted by Gasteiger charge is 2.08. The molecular formula is C20H22ClN3O3. The molecule has 0 spiro atoms. The van der Waals surface area contributed by atoms with Crippen LogP contribution in [0.4, 0.5) is 0 Å². The second kappa shape index (κ2) is 11.5. The smallest absolute Gasteiger partial charge is 0.271 e. The van der Waals surface area contributed by atoms with Crippen LogP contribution in [-0.4, -0.2) is 18.0 Å². The number of nitrogens with zero attached hydrogens (tertiary/aromatic N) is 1. The largest absolute Gasteiger partial charge is 0.463 e. The van der Waals surface area contributed by atoms with E-state index in [0.717, 1.165) is 0 Å². The van der Waals surface area contributed by atoms with Gasteiger partial charge in [-0.05, 0) is 51.1 Å². The molecule has 0 aliphatic heterocycles. The van der Waals surface area contributed by atoms with Gasteiger partial charge in [-0.15, -0.1) is 0 Å². The topological polar surface area (TPSA) is 83.7 Å². The Kier molecular flexibility index (Phi) is 9.33. The zero-order valence-corrected chi connectivity index (χ0v) is 16.2. The molecule has 6 nitrogen and oxygen atoms in total. The minimum Gasteiger partial charge on any atom is -0.463 e. The van der Waals surface area contributed by atoms with Crippen molar-refractivity contribution in [1.29, 1.82) is 0 Å². The summed E-state index contributed by atoms with van der Waals surface area (Å²) < 4.78 is 5.07. The van der Waals surface area contributed by atoms with Gasteiger partial charge in [0.1, 0.15) is 5.76 Å². The summed E-state index contributed by atoms with van der Waals surface area (Å²) in [4.78, 5) is 24.2. The lowest BCUT2D eigenvalue weighted by Gasteiger charge is -2.06. The molecule has 0 bridgehead atoms. The summed E-state index contributed by atoms with van der Waals surface area (Å²) in [5.74, 6) is -0.263. The highest BCUT2D eigenvalue weighted by atomic mass is 35.5. The first-order valence-corrected chi connectivity index (χ1v) is 8.45. The summed E-state index contributed by atoms with van der Waals surface area (Å²) in [5, 5.41) is 6.85. The van der Waals surface area contributed by atoms with Crippen molar-refractivity contribution in [3.05, 3.63) is 83.0 Å². The van der Waals surface area contributed by atoms with Crippen molar-refractivity contribution >= 4 is 29.6 Å². The first kappa shape index (κ1) is 21.9. The Morgan fingerprint density at radius 2 is 2.00 bits per heavy atom. The third-order valence-corrected chi connectivity index (χ3v) is 3.63. The number of allylic oxidation sites excluding steroid dienone is 6. The molecule has 0 saturated carbocycles. The van der Waals surface area contributed by atoms with E-state index in [1.807, 2.05) is 6.92 Å². The molecule has 2 amide bonds. The number of rotatable bonds is 8. The Morgan fingerprint density at radius 3 is 2.59 bits per heavy atom. The van der Waals surface area contributed by atoms with Crippen LogP contribution >= 0.6 is 11.6 Å². The predicted molar refractivity (Wildman–Crippen MR) is 108 cm³/mol. The lowest BCUT2D eigenvalue weighted by Crippen LogP contribution is -2.22. The third-order valence-electron chi connectivity index (χ3n) is 3.22. The van der Waals surface area contributed by atoms with E-state index in [2.05, 4.69) is 22.4 Å². The monoisotopic (exact) mass is 387 g/mol. The van der Waals surface area contributed by atoms with Crippen LogP contribution in [0.15, 0.2) is 86.7 Å². The second-order valence-corrected chi connectivity index (χ2v) is 5.72. The van der Waals surface area contributed by atoms with Crippen molar-refractivity contribution < 1.29 is 14.0 Å². The maximum atomic E-state index is 12.1. The molecule has 27 heavy (non-hydrogen) atoms. The number of furan rings is 1. The van der Waals surface area contributed by atoms with Crippen molar-refractivity contribution in [3.63, 3.8) is 0 Å². The molecule has 1 aromatic rings. The van der Waals surface area contributed by atoms with Crippen LogP contribution < -0.4 is 10.7 Å². The molecule has 1 heterocycles. The number of hydrogen-bond acceptors (Lipinski definition) is 4. The molecule has 0 aromatic carbocycles. The van der Waals surface area contributed by atoms with Gasteiger partial charge in [-0.2, -0.15) is 5.10 Å². The lowest BCUT2D eigenvalue weighted by atomic mass is 10.2. The van der Waals surface area contributed by atoms with Crippen molar-refractivity contribution in [2.45, 2.75) is 20.8 Å². The van der Waals surface area contributed by atoms with E-state index in [9.17, 15) is 9.59 Å². The molecule has 0 radical (unpaired) electrons. The van der Waals surface area contributed by atoms with Gasteiger partial charge < -0.3 is 9.73 Å². The molecule has 0 saturated heterocycles. The lowest BCUT2D eigenvalue weighted by molar-refractivity contribution is -0.117. The minimum absolute atomic E-state index is 0.277. The fourth-order valence-electron chi connectivity index (χ4n) is 1.73. The first-order valence-electron chi connectivity index (χ1n) is 8.07. The van der Waals surface area contributed by atoms with Gasteiger partial charge in [-0.1, -0.05) is 30.3 Å². The molecule has 1 aromatic heterocycles. The fourth-order valence-corrected chi connectivity index (χ4v) is 1.94. The van der Waals surface area contributed by atoms with Crippen LogP contribution in [0.25, 0.3) is 0 Å². The van der Waals surface area contributed by atoms with Crippen LogP contribution in [0.3, 0.4) is 0 Å². The number of nitrogens with one attached hydrogen (secondary N) is 2. The van der Waals surface area contributed by atoms with E-state index in [1.54, 1.807) is 44.2 Å². The number of hydrogen-bond donors (Lipinski definition) is 2. The summed E-state index contributed by atoms with van der Waals surface area (Å²) in [7, 11) is 0. The van der Waals surface area contributed by atoms with E-state index < -0.39 is 5.91 Å². The standard InChI is InChI=1S/C20H22ClN3O3/c1-5-8-18(21)15(4)19(25)23-14(3)10-11-16(6-2)20(26)24-22-13-17-9-7-12-27-17/h5-13H,2H2,1,3-4H3,(H,23,25)(H,24,26)/b8-5-,14-10+,16-11+,18-15-,22-13+. The van der Waals surface area contributed by atoms with Crippen molar-refractivity contribution in [2.75, 3.05) is 0 Å². The summed E-state index contributed by atoms with van der Waals surface area (Å²) >= 11 is 6.00. The van der Waals surface area contributed by atoms with Gasteiger partial charge >= 0.3 is 0 Å². The molecule has 2 N–H and O–H groups in total. The van der Waals surface area contributed by atoms with Crippen LogP contribution in [-0.2, 0) is 9.59 Å². The first-order chi connectivity index (χ1) is 12.9. The van der Waals surface area contributed by atoms with Crippen molar-refractivity contribution in [2.24, 2.45) is 5.10 Å². The number of carbonyl (C=O) groups excluding carboxylic acids is 2. The van der Waals surface area contributed by atoms with Gasteiger partial charge in [0.25, 0.3) is 11.8 Å². The predicted octanol–water partition coefficient (Wildman–Crippen LogP) is 3.95. The van der Waals surface area contributed by atoms with E-state index >= 15 is 0 Å². The number of carbonyl (C=O) groups is 2. The van der Waals surface area contributed by atoms with Gasteiger partial charge in [0.05, 0.1) is 12.5 Å². The molecule has 0 unspecified atom stereocenters. The van der Waals surface area contributed by atoms with Gasteiger partial charge in [0.2, 0.25) is 0 Å². The Hall–Kier alpha value is -3.12. The Balaban J connectivity index is 2.74. The Bertz CT molecular complexity index is 829. The Labute approximate surface area is 163 Å². The molecule has 142 valence electrons. The highest BCUT2D eigenvalue weighted by molar-refractivity contribution is 6.33. The van der Waals surface area contributed by atoms with Gasteiger partial charge in [-0.3, -0.25) is 9.59 Å². The van der Waals surface area contributed by atoms with E-state index in [4.69, 9.17) is 16.0 Å². The van der Waals surface area contributed by atoms with Crippen LogP contribution in [0, 0.1) is 0 Å². The zero-order chi connectivity index (χ0) is 20.2. The van der Waals surface area contributed by atoms with Crippen molar-refractivity contribution in [1.82, 2.24) is 10.7 Å². The van der Waals surface area contributed by atoms with Gasteiger partial charge in [0.15, 0.2) is 0 Å². The third kappa shape index (κ3) is 7.75. The van der Waals surface area contributed by atoms with E-state index in [-0.39, 0.29) is 11.5 Å². The average molecular weight is 388 g/mol. The SMILES string of the molecule is C=C/C(=C\C=C(/C)NC(=O)/C(C)=C(Cl)/C=C\C)C(=O)N/N=C/c1ccco1. The maximum absolute atomic E-state index is 12.1. The van der Waals surface area contributed by atoms with Crippen LogP contribution in [0.5, 0.6) is 0 Å². The minimum atomic E-state index is -0.449. The summed E-state index contributed by atoms with van der Waals surface area (Å²) in [6, 6.07) is 3.41. The molecule has 0 aliphatic rings. The van der Waals surface area contributed by atoms with Gasteiger partial charge in [-0.25, -0.2) is 5.43 Å². The molecule has 1 rings (SSSR count). The van der Waals surface area contributed by atoms with E-state index in [0.29, 0.717) is 22.1 Å². The molecule has 0 atom stereocenters. The maximum Gasteiger partial charge on any atom is 0.271 e. The average Bonchev–Trinajstić information content (AvgIpc) is 3.15. The molecule has 7 heteroatoms. The molecular weight excluding hydrogens is 366 g/mol. The fraction of sp³-hybridized carbons (Fsp3) is 0.150. The summed E-state index contributed by atoms with van der Waals surface area (Å²) in [5.41, 5.74) is 3.57. The van der Waals surface area contributed by atoms with Crippen LogP contribution in [0.2, 0.25) is 0 Å². The van der Waals surface area contributed by atoms with E-state index in [1.165, 1.54) is 24.6 Å². The molecule has 0 aliphatic carbocycles. The van der Waals surface area contributed by atoms with Crippen molar-refractivity contribution in [3.8, 4) is 0 Å². The quantitative estimate of drug-likeness (QED) is 0.306. The summed E-state index contributed by atoms with van der Waals surface area (Å²) in [6.07, 6.45) is 10.8. The summed E-state index contributed by atoms with van der Waals surface area (Å²) in [6.45, 7) is 8.73. The Morgan fingerprint density at radius 1 is 1.26 bits per heavy atom.